The second-order valence-corrected chi connectivity index (χ2v) is 12.7. The smallest absolute Gasteiger partial charge is 0.657 e. The molecule has 2 aromatic heterocycles. The van der Waals surface area contributed by atoms with Crippen molar-refractivity contribution >= 4 is 11.4 Å². The molecule has 0 aliphatic carbocycles. The quantitative estimate of drug-likeness (QED) is 0.151. The Kier molecular flexibility index (Phi) is 9.80. The Bertz CT molecular complexity index is 2140. The van der Waals surface area contributed by atoms with E-state index in [1.807, 2.05) is 48.7 Å². The first-order valence-electron chi connectivity index (χ1n) is 15.9. The van der Waals surface area contributed by atoms with Crippen molar-refractivity contribution in [2.45, 2.75) is 26.2 Å². The van der Waals surface area contributed by atoms with Crippen molar-refractivity contribution in [3.8, 4) is 56.0 Å². The minimum atomic E-state index is -0.0393. The molecule has 7 rings (SSSR count). The first kappa shape index (κ1) is 32.8. The molecule has 0 atom stereocenters. The van der Waals surface area contributed by atoms with E-state index in [-0.39, 0.29) is 26.5 Å². The van der Waals surface area contributed by atoms with Crippen molar-refractivity contribution < 1.29 is 21.1 Å². The molecule has 4 heteroatoms. The predicted octanol–water partition coefficient (Wildman–Crippen LogP) is 12.2. The molecule has 0 saturated carbocycles. The van der Waals surface area contributed by atoms with Crippen molar-refractivity contribution in [2.24, 2.45) is 0 Å². The summed E-state index contributed by atoms with van der Waals surface area (Å²) in [5, 5.41) is 5.37. The fourth-order valence-corrected chi connectivity index (χ4v) is 5.76. The maximum absolute atomic E-state index is 5.37. The van der Waals surface area contributed by atoms with E-state index in [0.29, 0.717) is 0 Å². The zero-order chi connectivity index (χ0) is 32.2. The van der Waals surface area contributed by atoms with E-state index in [1.54, 1.807) is 0 Å². The van der Waals surface area contributed by atoms with Gasteiger partial charge in [0.25, 0.3) is 0 Å². The number of hydrogen-bond donors (Lipinski definition) is 0. The van der Waals surface area contributed by atoms with Gasteiger partial charge < -0.3 is 5.32 Å². The minimum Gasteiger partial charge on any atom is -0.657 e. The van der Waals surface area contributed by atoms with E-state index >= 15 is 0 Å². The average Bonchev–Trinajstić information content (AvgIpc) is 3.13. The summed E-state index contributed by atoms with van der Waals surface area (Å²) in [4.78, 5) is 9.98. The third kappa shape index (κ3) is 7.23. The fourth-order valence-electron chi connectivity index (χ4n) is 5.76. The summed E-state index contributed by atoms with van der Waals surface area (Å²) in [6.45, 7) is 6.70. The SMILES string of the molecule is CC(C)(C)c1ccc([N-]c2ccc(-c3ccccc3)cc2-c2cc(-c3ccccc3)ccn2)c(-c2cccc(-c3[c-]cccc3)n2)c1.[Pt+2]. The largest absolute Gasteiger partial charge is 2.00 e. The Morgan fingerprint density at radius 2 is 1.15 bits per heavy atom. The van der Waals surface area contributed by atoms with E-state index < -0.39 is 0 Å². The molecule has 0 radical (unpaired) electrons. The summed E-state index contributed by atoms with van der Waals surface area (Å²) in [5.41, 5.74) is 12.9. The summed E-state index contributed by atoms with van der Waals surface area (Å²) in [7, 11) is 0. The van der Waals surface area contributed by atoms with Crippen molar-refractivity contribution in [3.63, 3.8) is 0 Å². The van der Waals surface area contributed by atoms with Gasteiger partial charge in [0.1, 0.15) is 0 Å². The fraction of sp³-hybridized carbons (Fsp3) is 0.0909. The molecule has 0 bridgehead atoms. The standard InChI is InChI=1S/C44H35N3.Pt/c1-44(2,3)36-23-25-42(38(30-36)40-21-13-20-39(46-40)33-18-11-6-12-19-33)47-41-24-22-34(31-14-7-4-8-15-31)28-37(41)43-29-35(26-27-45-43)32-16-9-5-10-17-32;/h4-18,20-30H,1-3H3;/q-2;+2. The van der Waals surface area contributed by atoms with Crippen LogP contribution in [0.4, 0.5) is 11.4 Å². The molecule has 7 aromatic rings. The van der Waals surface area contributed by atoms with Crippen LogP contribution in [0.15, 0.2) is 158 Å². The van der Waals surface area contributed by atoms with Gasteiger partial charge >= 0.3 is 21.1 Å². The van der Waals surface area contributed by atoms with E-state index in [4.69, 9.17) is 15.3 Å². The topological polar surface area (TPSA) is 39.9 Å². The van der Waals surface area contributed by atoms with Crippen LogP contribution in [0.25, 0.3) is 61.3 Å². The molecule has 0 spiro atoms. The van der Waals surface area contributed by atoms with Gasteiger partial charge in [0, 0.05) is 6.20 Å². The zero-order valence-electron chi connectivity index (χ0n) is 27.2. The zero-order valence-corrected chi connectivity index (χ0v) is 29.4. The van der Waals surface area contributed by atoms with Crippen LogP contribution in [-0.4, -0.2) is 9.97 Å². The van der Waals surface area contributed by atoms with Crippen LogP contribution in [-0.2, 0) is 26.5 Å². The third-order valence-electron chi connectivity index (χ3n) is 8.36. The van der Waals surface area contributed by atoms with E-state index in [2.05, 4.69) is 136 Å². The van der Waals surface area contributed by atoms with Gasteiger partial charge in [0.2, 0.25) is 0 Å². The molecule has 0 N–H and O–H groups in total. The third-order valence-corrected chi connectivity index (χ3v) is 8.36. The Hall–Kier alpha value is -5.11. The molecule has 0 aliphatic rings. The number of aromatic nitrogens is 2. The maximum atomic E-state index is 5.37. The molecule has 2 heterocycles. The molecule has 236 valence electrons. The monoisotopic (exact) mass is 800 g/mol. The van der Waals surface area contributed by atoms with Gasteiger partial charge in [0.15, 0.2) is 0 Å². The molecule has 0 amide bonds. The van der Waals surface area contributed by atoms with Gasteiger partial charge in [-0.05, 0) is 74.3 Å². The minimum absolute atomic E-state index is 0. The first-order chi connectivity index (χ1) is 22.9. The van der Waals surface area contributed by atoms with Gasteiger partial charge in [-0.15, -0.1) is 47.3 Å². The molecule has 0 saturated heterocycles. The number of pyridine rings is 2. The first-order valence-corrected chi connectivity index (χ1v) is 15.9. The van der Waals surface area contributed by atoms with E-state index in [1.165, 1.54) is 5.56 Å². The van der Waals surface area contributed by atoms with Crippen LogP contribution in [0.2, 0.25) is 0 Å². The Morgan fingerprint density at radius 3 is 1.81 bits per heavy atom. The summed E-state index contributed by atoms with van der Waals surface area (Å²) in [6.07, 6.45) is 1.89. The summed E-state index contributed by atoms with van der Waals surface area (Å²) < 4.78 is 0. The second kappa shape index (κ2) is 14.3. The number of nitrogens with zero attached hydrogens (tertiary/aromatic N) is 3. The van der Waals surface area contributed by atoms with E-state index in [9.17, 15) is 0 Å². The second-order valence-electron chi connectivity index (χ2n) is 12.7. The van der Waals surface area contributed by atoms with Crippen LogP contribution < -0.4 is 0 Å². The van der Waals surface area contributed by atoms with Crippen LogP contribution >= 0.6 is 0 Å². The number of benzene rings is 5. The molecule has 0 aliphatic heterocycles. The van der Waals surface area contributed by atoms with Gasteiger partial charge in [0.05, 0.1) is 11.4 Å². The molecular formula is C44H35N3Pt. The van der Waals surface area contributed by atoms with Crippen LogP contribution in [0.5, 0.6) is 0 Å². The van der Waals surface area contributed by atoms with Crippen LogP contribution in [0, 0.1) is 6.07 Å². The Labute approximate surface area is 298 Å². The molecular weight excluding hydrogens is 766 g/mol. The molecule has 3 nitrogen and oxygen atoms in total. The van der Waals surface area contributed by atoms with E-state index in [0.717, 1.165) is 67.4 Å². The summed E-state index contributed by atoms with van der Waals surface area (Å²) in [6, 6.07) is 55.5. The molecule has 5 aromatic carbocycles. The summed E-state index contributed by atoms with van der Waals surface area (Å²) in [5.74, 6) is 0. The molecule has 48 heavy (non-hydrogen) atoms. The number of hydrogen-bond acceptors (Lipinski definition) is 2. The van der Waals surface area contributed by atoms with Gasteiger partial charge in [-0.2, -0.15) is 0 Å². The number of rotatable bonds is 7. The molecule has 0 unspecified atom stereocenters. The van der Waals surface area contributed by atoms with Gasteiger partial charge in [-0.1, -0.05) is 124 Å². The Balaban J connectivity index is 0.00000401. The average molecular weight is 801 g/mol. The molecule has 0 fully saturated rings. The Morgan fingerprint density at radius 1 is 0.521 bits per heavy atom. The summed E-state index contributed by atoms with van der Waals surface area (Å²) >= 11 is 0. The van der Waals surface area contributed by atoms with Crippen LogP contribution in [0.3, 0.4) is 0 Å². The van der Waals surface area contributed by atoms with Gasteiger partial charge in [-0.3, -0.25) is 9.97 Å². The van der Waals surface area contributed by atoms with Crippen LogP contribution in [0.1, 0.15) is 26.3 Å². The van der Waals surface area contributed by atoms with Crippen molar-refractivity contribution in [2.75, 3.05) is 0 Å². The maximum Gasteiger partial charge on any atom is 2.00 e. The van der Waals surface area contributed by atoms with Crippen molar-refractivity contribution in [1.82, 2.24) is 9.97 Å². The van der Waals surface area contributed by atoms with Crippen molar-refractivity contribution in [1.29, 1.82) is 0 Å². The van der Waals surface area contributed by atoms with Crippen molar-refractivity contribution in [3.05, 3.63) is 175 Å². The normalized spacial score (nSPS) is 11.1. The van der Waals surface area contributed by atoms with Gasteiger partial charge in [-0.25, -0.2) is 0 Å². The predicted molar refractivity (Wildman–Crippen MR) is 196 cm³/mol.